The fraction of sp³-hybridized carbons (Fsp3) is 0. The molecule has 0 aromatic carbocycles. The minimum Gasteiger partial charge on any atom is -0.265 e. The van der Waals surface area contributed by atoms with Crippen LogP contribution in [0.25, 0.3) is 0 Å². The first kappa shape index (κ1) is 6.71. The van der Waals surface area contributed by atoms with E-state index in [1.807, 2.05) is 18.2 Å². The summed E-state index contributed by atoms with van der Waals surface area (Å²) in [6.45, 7) is 0. The average molecular weight is 157 g/mol. The Bertz CT molecular complexity index is 80.0. The summed E-state index contributed by atoms with van der Waals surface area (Å²) in [5.41, 5.74) is 0. The molecule has 0 spiro atoms. The first-order valence-electron chi connectivity index (χ1n) is 1.85. The van der Waals surface area contributed by atoms with Gasteiger partial charge in [-0.05, 0) is 12.1 Å². The van der Waals surface area contributed by atoms with E-state index in [0.29, 0.717) is 0 Å². The first-order valence-corrected chi connectivity index (χ1v) is 1.85. The van der Waals surface area contributed by atoms with Crippen LogP contribution in [0.15, 0.2) is 30.6 Å². The van der Waals surface area contributed by atoms with Crippen molar-refractivity contribution in [1.82, 2.24) is 4.98 Å². The van der Waals surface area contributed by atoms with Gasteiger partial charge in [-0.15, -0.1) is 0 Å². The van der Waals surface area contributed by atoms with E-state index >= 15 is 0 Å². The van der Waals surface area contributed by atoms with Gasteiger partial charge in [0.05, 0.1) is 0 Å². The van der Waals surface area contributed by atoms with Crippen molar-refractivity contribution < 1.29 is 0 Å². The monoisotopic (exact) mass is 157 g/mol. The summed E-state index contributed by atoms with van der Waals surface area (Å²) < 4.78 is 0. The summed E-state index contributed by atoms with van der Waals surface area (Å²) in [4.78, 5) is 3.78. The molecule has 1 aromatic heterocycles. The van der Waals surface area contributed by atoms with Crippen LogP contribution in [0.3, 0.4) is 0 Å². The third-order valence-corrected chi connectivity index (χ3v) is 0.566. The minimum absolute atomic E-state index is 0. The largest absolute Gasteiger partial charge is 0.265 e. The quantitative estimate of drug-likeness (QED) is 0.479. The molecule has 0 fully saturated rings. The second kappa shape index (κ2) is 3.88. The zero-order valence-corrected chi connectivity index (χ0v) is 7.01. The van der Waals surface area contributed by atoms with Crippen LogP contribution in [0.2, 0.25) is 0 Å². The van der Waals surface area contributed by atoms with E-state index < -0.39 is 0 Å². The Kier molecular flexibility index (Phi) is 3.72. The summed E-state index contributed by atoms with van der Waals surface area (Å²) in [7, 11) is 0. The number of rotatable bonds is 0. The topological polar surface area (TPSA) is 12.9 Å². The first-order chi connectivity index (χ1) is 3.00. The third kappa shape index (κ3) is 2.41. The van der Waals surface area contributed by atoms with Crippen molar-refractivity contribution >= 4 is 18.0 Å². The fourth-order valence-electron chi connectivity index (χ4n) is 0.313. The van der Waals surface area contributed by atoms with Crippen molar-refractivity contribution in [2.75, 3.05) is 0 Å². The summed E-state index contributed by atoms with van der Waals surface area (Å²) in [5.74, 6) is 0. The Labute approximate surface area is 54.1 Å². The van der Waals surface area contributed by atoms with Crippen LogP contribution >= 0.6 is 0 Å². The summed E-state index contributed by atoms with van der Waals surface area (Å²) in [6, 6.07) is 5.72. The van der Waals surface area contributed by atoms with E-state index in [1.165, 1.54) is 0 Å². The number of hydrogen-bond donors (Lipinski definition) is 0. The molecule has 0 saturated carbocycles. The molecular weight excluding hydrogens is 149 g/mol. The molecule has 7 heavy (non-hydrogen) atoms. The second-order valence-corrected chi connectivity index (χ2v) is 1.02. The molecule has 0 saturated heterocycles. The number of pyridine rings is 1. The van der Waals surface area contributed by atoms with Crippen molar-refractivity contribution in [3.8, 4) is 0 Å². The van der Waals surface area contributed by atoms with Crippen molar-refractivity contribution in [2.45, 2.75) is 0 Å². The van der Waals surface area contributed by atoms with Crippen molar-refractivity contribution in [1.29, 1.82) is 0 Å². The number of hydrogen-bond acceptors (Lipinski definition) is 1. The van der Waals surface area contributed by atoms with E-state index in [1.54, 1.807) is 12.4 Å². The second-order valence-electron chi connectivity index (χ2n) is 1.02. The zero-order chi connectivity index (χ0) is 4.24. The van der Waals surface area contributed by atoms with Gasteiger partial charge in [0.15, 0.2) is 0 Å². The van der Waals surface area contributed by atoms with Crippen LogP contribution in [0.1, 0.15) is 0 Å². The Morgan fingerprint density at radius 2 is 1.43 bits per heavy atom. The van der Waals surface area contributed by atoms with Crippen LogP contribution in [0.5, 0.6) is 0 Å². The van der Waals surface area contributed by atoms with Gasteiger partial charge < -0.3 is 0 Å². The van der Waals surface area contributed by atoms with Crippen LogP contribution in [0.4, 0.5) is 0 Å². The van der Waals surface area contributed by atoms with Gasteiger partial charge in [-0.1, -0.05) is 6.07 Å². The van der Waals surface area contributed by atoms with Crippen LogP contribution in [0, 0.1) is 0 Å². The van der Waals surface area contributed by atoms with Gasteiger partial charge in [0.2, 0.25) is 0 Å². The van der Waals surface area contributed by atoms with E-state index in [0.717, 1.165) is 0 Å². The molecule has 1 nitrogen and oxygen atoms in total. The molecule has 0 aliphatic rings. The third-order valence-electron chi connectivity index (χ3n) is 0.566. The molecule has 0 radical (unpaired) electrons. The van der Waals surface area contributed by atoms with E-state index in [-0.39, 0.29) is 18.0 Å². The van der Waals surface area contributed by atoms with Gasteiger partial charge in [0.25, 0.3) is 0 Å². The maximum atomic E-state index is 3.78. The Balaban J connectivity index is 0.000000360. The molecular formula is C5H8AsN. The number of aromatic nitrogens is 1. The molecule has 1 unspecified atom stereocenters. The van der Waals surface area contributed by atoms with Gasteiger partial charge >= 0.3 is 18.0 Å². The van der Waals surface area contributed by atoms with Crippen molar-refractivity contribution in [2.24, 2.45) is 0 Å². The Morgan fingerprint density at radius 3 is 1.57 bits per heavy atom. The molecule has 1 heterocycles. The molecule has 2 heteroatoms. The molecule has 0 bridgehead atoms. The van der Waals surface area contributed by atoms with E-state index in [4.69, 9.17) is 0 Å². The molecule has 0 aliphatic heterocycles. The SMILES string of the molecule is [AsH3].c1ccncc1. The van der Waals surface area contributed by atoms with Crippen LogP contribution in [-0.2, 0) is 0 Å². The summed E-state index contributed by atoms with van der Waals surface area (Å²) >= 11 is 0. The van der Waals surface area contributed by atoms with E-state index in [9.17, 15) is 0 Å². The molecule has 0 amide bonds. The molecule has 1 aromatic rings. The van der Waals surface area contributed by atoms with Crippen LogP contribution < -0.4 is 0 Å². The number of nitrogens with zero attached hydrogens (tertiary/aromatic N) is 1. The summed E-state index contributed by atoms with van der Waals surface area (Å²) in [5, 5.41) is 0. The van der Waals surface area contributed by atoms with Crippen LogP contribution in [-0.4, -0.2) is 22.9 Å². The average Bonchev–Trinajstić information content (AvgIpc) is 1.72. The predicted octanol–water partition coefficient (Wildman–Crippen LogP) is -0.102. The van der Waals surface area contributed by atoms with Gasteiger partial charge in [-0.3, -0.25) is 4.98 Å². The molecule has 38 valence electrons. The van der Waals surface area contributed by atoms with Gasteiger partial charge in [-0.25, -0.2) is 0 Å². The fourth-order valence-corrected chi connectivity index (χ4v) is 0.313. The molecule has 0 N–H and O–H groups in total. The maximum absolute atomic E-state index is 3.78. The predicted molar refractivity (Wildman–Crippen MR) is 34.2 cm³/mol. The molecule has 1 atom stereocenters. The van der Waals surface area contributed by atoms with E-state index in [2.05, 4.69) is 4.98 Å². The van der Waals surface area contributed by atoms with Gasteiger partial charge in [0, 0.05) is 12.4 Å². The van der Waals surface area contributed by atoms with Gasteiger partial charge in [0.1, 0.15) is 0 Å². The normalized spacial score (nSPS) is 6.86. The van der Waals surface area contributed by atoms with Gasteiger partial charge in [-0.2, -0.15) is 0 Å². The zero-order valence-electron chi connectivity index (χ0n) is 4.04. The maximum Gasteiger partial charge on any atom is 0.0267 e. The summed E-state index contributed by atoms with van der Waals surface area (Å²) in [6.07, 6.45) is 3.50. The smallest absolute Gasteiger partial charge is 0.0267 e. The minimum atomic E-state index is 0. The Morgan fingerprint density at radius 1 is 0.857 bits per heavy atom. The Hall–Kier alpha value is -0.292. The standard InChI is InChI=1S/C5H5N.AsH3/c1-2-4-6-5-3-1;/h1-5H;1H3. The van der Waals surface area contributed by atoms with Crippen molar-refractivity contribution in [3.63, 3.8) is 0 Å². The van der Waals surface area contributed by atoms with Crippen molar-refractivity contribution in [3.05, 3.63) is 30.6 Å². The molecule has 1 rings (SSSR count). The molecule has 0 aliphatic carbocycles.